The Morgan fingerprint density at radius 3 is 2.58 bits per heavy atom. The lowest BCUT2D eigenvalue weighted by atomic mass is 10.3. The lowest BCUT2D eigenvalue weighted by Crippen LogP contribution is -1.95. The first kappa shape index (κ1) is 9.13. The van der Waals surface area contributed by atoms with E-state index in [0.717, 1.165) is 5.56 Å². The van der Waals surface area contributed by atoms with E-state index in [4.69, 9.17) is 21.1 Å². The monoisotopic (exact) mass is 187 g/mol. The highest BCUT2D eigenvalue weighted by Gasteiger charge is 2.04. The van der Waals surface area contributed by atoms with Crippen molar-refractivity contribution >= 4 is 11.6 Å². The molecule has 4 heteroatoms. The summed E-state index contributed by atoms with van der Waals surface area (Å²) in [5.41, 5.74) is 0.861. The molecule has 3 nitrogen and oxygen atoms in total. The Morgan fingerprint density at radius 2 is 2.08 bits per heavy atom. The van der Waals surface area contributed by atoms with Crippen LogP contribution < -0.4 is 9.47 Å². The number of methoxy groups -OCH3 is 2. The molecule has 0 aliphatic carbocycles. The van der Waals surface area contributed by atoms with E-state index in [1.54, 1.807) is 20.3 Å². The maximum Gasteiger partial charge on any atom is 0.220 e. The molecule has 0 fully saturated rings. The van der Waals surface area contributed by atoms with Gasteiger partial charge in [-0.05, 0) is 6.07 Å². The fourth-order valence-corrected chi connectivity index (χ4v) is 1.05. The van der Waals surface area contributed by atoms with Gasteiger partial charge in [0.2, 0.25) is 11.8 Å². The van der Waals surface area contributed by atoms with Gasteiger partial charge in [0, 0.05) is 11.6 Å². The Kier molecular flexibility index (Phi) is 3.17. The second-order valence-corrected chi connectivity index (χ2v) is 2.42. The number of pyridine rings is 1. The molecule has 0 radical (unpaired) electrons. The molecule has 0 aliphatic rings. The van der Waals surface area contributed by atoms with Gasteiger partial charge in [0.05, 0.1) is 20.1 Å². The van der Waals surface area contributed by atoms with Crippen LogP contribution >= 0.6 is 11.6 Å². The summed E-state index contributed by atoms with van der Waals surface area (Å²) in [5, 5.41) is 0. The zero-order valence-electron chi connectivity index (χ0n) is 7.00. The number of nitrogens with zero attached hydrogens (tertiary/aromatic N) is 1. The minimum Gasteiger partial charge on any atom is -0.481 e. The number of rotatable bonds is 3. The average molecular weight is 188 g/mol. The Hall–Kier alpha value is -0.960. The summed E-state index contributed by atoms with van der Waals surface area (Å²) >= 11 is 5.65. The summed E-state index contributed by atoms with van der Waals surface area (Å²) < 4.78 is 9.93. The molecular formula is C8H10ClNO2. The summed E-state index contributed by atoms with van der Waals surface area (Å²) in [4.78, 5) is 4.05. The normalized spacial score (nSPS) is 9.58. The van der Waals surface area contributed by atoms with E-state index in [0.29, 0.717) is 17.6 Å². The minimum absolute atomic E-state index is 0.389. The molecule has 1 aromatic heterocycles. The zero-order chi connectivity index (χ0) is 8.97. The number of ether oxygens (including phenoxy) is 2. The molecule has 0 N–H and O–H groups in total. The Bertz CT molecular complexity index is 265. The SMILES string of the molecule is COc1ccc(CCl)c(OC)n1. The van der Waals surface area contributed by atoms with Crippen molar-refractivity contribution in [3.05, 3.63) is 17.7 Å². The van der Waals surface area contributed by atoms with Crippen LogP contribution in [0, 0.1) is 0 Å². The summed E-state index contributed by atoms with van der Waals surface area (Å²) in [5.74, 6) is 1.44. The fraction of sp³-hybridized carbons (Fsp3) is 0.375. The number of halogens is 1. The highest BCUT2D eigenvalue weighted by Crippen LogP contribution is 2.20. The Morgan fingerprint density at radius 1 is 1.33 bits per heavy atom. The average Bonchev–Trinajstić information content (AvgIpc) is 2.16. The van der Waals surface area contributed by atoms with Crippen LogP contribution in [0.5, 0.6) is 11.8 Å². The minimum atomic E-state index is 0.389. The molecule has 1 rings (SSSR count). The molecular weight excluding hydrogens is 178 g/mol. The van der Waals surface area contributed by atoms with Crippen molar-refractivity contribution in [2.24, 2.45) is 0 Å². The molecule has 1 heterocycles. The molecule has 1 aromatic rings. The molecule has 0 bridgehead atoms. The Balaban J connectivity index is 3.02. The largest absolute Gasteiger partial charge is 0.481 e. The first-order valence-corrected chi connectivity index (χ1v) is 3.99. The van der Waals surface area contributed by atoms with Crippen molar-refractivity contribution in [2.45, 2.75) is 5.88 Å². The van der Waals surface area contributed by atoms with E-state index in [9.17, 15) is 0 Å². The van der Waals surface area contributed by atoms with Gasteiger partial charge < -0.3 is 9.47 Å². The van der Waals surface area contributed by atoms with Gasteiger partial charge in [-0.25, -0.2) is 0 Å². The summed E-state index contributed by atoms with van der Waals surface area (Å²) in [7, 11) is 3.11. The van der Waals surface area contributed by atoms with Gasteiger partial charge in [-0.15, -0.1) is 11.6 Å². The number of aromatic nitrogens is 1. The predicted molar refractivity (Wildman–Crippen MR) is 46.9 cm³/mol. The van der Waals surface area contributed by atoms with Crippen molar-refractivity contribution < 1.29 is 9.47 Å². The fourth-order valence-electron chi connectivity index (χ4n) is 0.844. The van der Waals surface area contributed by atoms with E-state index in [-0.39, 0.29) is 0 Å². The molecule has 0 spiro atoms. The molecule has 0 aliphatic heterocycles. The standard InChI is InChI=1S/C8H10ClNO2/c1-11-7-4-3-6(5-9)8(10-7)12-2/h3-4H,5H2,1-2H3. The molecule has 0 aromatic carbocycles. The molecule has 0 atom stereocenters. The van der Waals surface area contributed by atoms with Gasteiger partial charge >= 0.3 is 0 Å². The molecule has 66 valence electrons. The van der Waals surface area contributed by atoms with Gasteiger partial charge in [0.15, 0.2) is 0 Å². The number of hydrogen-bond acceptors (Lipinski definition) is 3. The number of alkyl halides is 1. The third kappa shape index (κ3) is 1.80. The lowest BCUT2D eigenvalue weighted by molar-refractivity contribution is 0.362. The first-order chi connectivity index (χ1) is 5.81. The van der Waals surface area contributed by atoms with Gasteiger partial charge in [0.1, 0.15) is 0 Å². The summed E-state index contributed by atoms with van der Waals surface area (Å²) in [6.45, 7) is 0. The van der Waals surface area contributed by atoms with Crippen LogP contribution in [-0.4, -0.2) is 19.2 Å². The highest BCUT2D eigenvalue weighted by molar-refractivity contribution is 6.17. The quantitative estimate of drug-likeness (QED) is 0.677. The van der Waals surface area contributed by atoms with E-state index in [1.165, 1.54) is 0 Å². The Labute approximate surface area is 76.3 Å². The third-order valence-corrected chi connectivity index (χ3v) is 1.75. The highest BCUT2D eigenvalue weighted by atomic mass is 35.5. The van der Waals surface area contributed by atoms with E-state index >= 15 is 0 Å². The van der Waals surface area contributed by atoms with Crippen LogP contribution in [0.3, 0.4) is 0 Å². The van der Waals surface area contributed by atoms with Gasteiger partial charge in [0.25, 0.3) is 0 Å². The summed E-state index contributed by atoms with van der Waals surface area (Å²) in [6, 6.07) is 3.58. The van der Waals surface area contributed by atoms with E-state index in [1.807, 2.05) is 6.07 Å². The molecule has 0 amide bonds. The molecule has 0 unspecified atom stereocenters. The third-order valence-electron chi connectivity index (χ3n) is 1.46. The van der Waals surface area contributed by atoms with Gasteiger partial charge in [-0.2, -0.15) is 4.98 Å². The maximum absolute atomic E-state index is 5.65. The zero-order valence-corrected chi connectivity index (χ0v) is 7.76. The van der Waals surface area contributed by atoms with Crippen molar-refractivity contribution in [1.29, 1.82) is 0 Å². The van der Waals surface area contributed by atoms with E-state index in [2.05, 4.69) is 4.98 Å². The maximum atomic E-state index is 5.65. The topological polar surface area (TPSA) is 31.4 Å². The molecule has 0 saturated carbocycles. The van der Waals surface area contributed by atoms with Gasteiger partial charge in [-0.1, -0.05) is 0 Å². The summed E-state index contributed by atoms with van der Waals surface area (Å²) in [6.07, 6.45) is 0. The van der Waals surface area contributed by atoms with Crippen molar-refractivity contribution in [3.8, 4) is 11.8 Å². The van der Waals surface area contributed by atoms with Crippen LogP contribution in [-0.2, 0) is 5.88 Å². The van der Waals surface area contributed by atoms with Crippen LogP contribution in [0.1, 0.15) is 5.56 Å². The van der Waals surface area contributed by atoms with Crippen molar-refractivity contribution in [2.75, 3.05) is 14.2 Å². The predicted octanol–water partition coefficient (Wildman–Crippen LogP) is 1.84. The van der Waals surface area contributed by atoms with Gasteiger partial charge in [-0.3, -0.25) is 0 Å². The van der Waals surface area contributed by atoms with Crippen LogP contribution in [0.2, 0.25) is 0 Å². The second-order valence-electron chi connectivity index (χ2n) is 2.16. The van der Waals surface area contributed by atoms with E-state index < -0.39 is 0 Å². The van der Waals surface area contributed by atoms with Crippen LogP contribution in [0.25, 0.3) is 0 Å². The van der Waals surface area contributed by atoms with Crippen LogP contribution in [0.15, 0.2) is 12.1 Å². The smallest absolute Gasteiger partial charge is 0.220 e. The van der Waals surface area contributed by atoms with Crippen molar-refractivity contribution in [3.63, 3.8) is 0 Å². The van der Waals surface area contributed by atoms with Crippen LogP contribution in [0.4, 0.5) is 0 Å². The first-order valence-electron chi connectivity index (χ1n) is 3.45. The molecule has 12 heavy (non-hydrogen) atoms. The molecule has 0 saturated heterocycles. The van der Waals surface area contributed by atoms with Crippen molar-refractivity contribution in [1.82, 2.24) is 4.98 Å². The number of hydrogen-bond donors (Lipinski definition) is 0. The second kappa shape index (κ2) is 4.16. The lowest BCUT2D eigenvalue weighted by Gasteiger charge is -2.05.